The fraction of sp³-hybridized carbons (Fsp3) is 0.562. The van der Waals surface area contributed by atoms with Gasteiger partial charge in [-0.2, -0.15) is 0 Å². The number of aliphatic hydroxyl groups excluding tert-OH is 1. The molecule has 0 bridgehead atoms. The summed E-state index contributed by atoms with van der Waals surface area (Å²) in [5.74, 6) is -0.0478. The van der Waals surface area contributed by atoms with E-state index in [0.717, 1.165) is 5.56 Å². The highest BCUT2D eigenvalue weighted by atomic mass is 35.5. The van der Waals surface area contributed by atoms with Crippen LogP contribution in [0, 0.1) is 11.8 Å². The van der Waals surface area contributed by atoms with Gasteiger partial charge in [0.2, 0.25) is 5.91 Å². The fourth-order valence-electron chi connectivity index (χ4n) is 2.15. The number of hydrogen-bond donors (Lipinski definition) is 2. The van der Waals surface area contributed by atoms with E-state index < -0.39 is 0 Å². The summed E-state index contributed by atoms with van der Waals surface area (Å²) in [4.78, 5) is 12.5. The van der Waals surface area contributed by atoms with Crippen LogP contribution in [-0.2, 0) is 4.79 Å². The van der Waals surface area contributed by atoms with Gasteiger partial charge in [0.1, 0.15) is 0 Å². The minimum absolute atomic E-state index is 0.0185. The van der Waals surface area contributed by atoms with Crippen molar-refractivity contribution in [1.82, 2.24) is 5.32 Å². The molecule has 1 rings (SSSR count). The van der Waals surface area contributed by atoms with Crippen molar-refractivity contribution in [3.8, 4) is 0 Å². The molecule has 1 amide bonds. The molecule has 0 aliphatic heterocycles. The molecule has 0 fully saturated rings. The molecule has 20 heavy (non-hydrogen) atoms. The van der Waals surface area contributed by atoms with Gasteiger partial charge in [-0.25, -0.2) is 0 Å². The third-order valence-corrected chi connectivity index (χ3v) is 3.90. The first kappa shape index (κ1) is 17.0. The third kappa shape index (κ3) is 4.50. The highest BCUT2D eigenvalue weighted by Gasteiger charge is 2.26. The van der Waals surface area contributed by atoms with Crippen LogP contribution in [-0.4, -0.2) is 23.7 Å². The molecule has 0 saturated heterocycles. The summed E-state index contributed by atoms with van der Waals surface area (Å²) in [7, 11) is 0. The minimum atomic E-state index is -0.234. The summed E-state index contributed by atoms with van der Waals surface area (Å²) in [5.41, 5.74) is 0.925. The summed E-state index contributed by atoms with van der Waals surface area (Å²) in [6.45, 7) is 7.92. The third-order valence-electron chi connectivity index (χ3n) is 3.67. The molecule has 2 N–H and O–H groups in total. The van der Waals surface area contributed by atoms with Crippen LogP contribution in [0.5, 0.6) is 0 Å². The lowest BCUT2D eigenvalue weighted by Crippen LogP contribution is -2.42. The maximum Gasteiger partial charge on any atom is 0.228 e. The molecule has 0 aliphatic rings. The van der Waals surface area contributed by atoms with Crippen LogP contribution in [0.2, 0.25) is 5.02 Å². The number of hydrogen-bond acceptors (Lipinski definition) is 2. The monoisotopic (exact) mass is 297 g/mol. The molecule has 3 atom stereocenters. The van der Waals surface area contributed by atoms with Crippen molar-refractivity contribution in [2.24, 2.45) is 11.8 Å². The highest BCUT2D eigenvalue weighted by molar-refractivity contribution is 6.30. The Morgan fingerprint density at radius 3 is 2.45 bits per heavy atom. The molecule has 0 aromatic heterocycles. The van der Waals surface area contributed by atoms with Gasteiger partial charge >= 0.3 is 0 Å². The Morgan fingerprint density at radius 2 is 1.95 bits per heavy atom. The summed E-state index contributed by atoms with van der Waals surface area (Å²) >= 11 is 6.01. The summed E-state index contributed by atoms with van der Waals surface area (Å²) in [5, 5.41) is 12.8. The first-order valence-corrected chi connectivity index (χ1v) is 7.41. The Kier molecular flexibility index (Phi) is 6.50. The van der Waals surface area contributed by atoms with E-state index in [-0.39, 0.29) is 36.3 Å². The van der Waals surface area contributed by atoms with E-state index in [1.165, 1.54) is 0 Å². The quantitative estimate of drug-likeness (QED) is 0.847. The molecule has 3 unspecified atom stereocenters. The van der Waals surface area contributed by atoms with Gasteiger partial charge < -0.3 is 10.4 Å². The van der Waals surface area contributed by atoms with Crippen LogP contribution in [0.25, 0.3) is 0 Å². The molecule has 0 aliphatic carbocycles. The van der Waals surface area contributed by atoms with E-state index in [0.29, 0.717) is 5.02 Å². The van der Waals surface area contributed by atoms with Crippen molar-refractivity contribution >= 4 is 17.5 Å². The number of halogens is 1. The van der Waals surface area contributed by atoms with Gasteiger partial charge in [0.25, 0.3) is 0 Å². The Bertz CT molecular complexity index is 448. The van der Waals surface area contributed by atoms with E-state index in [1.54, 1.807) is 6.07 Å². The Labute approximate surface area is 126 Å². The summed E-state index contributed by atoms with van der Waals surface area (Å²) in [6, 6.07) is 7.37. The minimum Gasteiger partial charge on any atom is -0.396 e. The fourth-order valence-corrected chi connectivity index (χ4v) is 2.35. The zero-order valence-electron chi connectivity index (χ0n) is 12.6. The zero-order valence-corrected chi connectivity index (χ0v) is 13.3. The van der Waals surface area contributed by atoms with E-state index >= 15 is 0 Å². The van der Waals surface area contributed by atoms with Gasteiger partial charge in [0, 0.05) is 17.7 Å². The van der Waals surface area contributed by atoms with Crippen molar-refractivity contribution < 1.29 is 9.90 Å². The number of rotatable bonds is 6. The predicted octanol–water partition coefficient (Wildman–Crippen LogP) is 3.21. The molecule has 112 valence electrons. The number of nitrogens with one attached hydrogen (secondary N) is 1. The van der Waals surface area contributed by atoms with Crippen molar-refractivity contribution in [3.05, 3.63) is 34.9 Å². The lowest BCUT2D eigenvalue weighted by atomic mass is 9.87. The molecule has 0 heterocycles. The SMILES string of the molecule is CC(C)C(C(=O)NC(C)C(C)CO)c1cccc(Cl)c1. The van der Waals surface area contributed by atoms with E-state index in [2.05, 4.69) is 5.32 Å². The van der Waals surface area contributed by atoms with Crippen LogP contribution in [0.4, 0.5) is 0 Å². The van der Waals surface area contributed by atoms with Gasteiger partial charge in [-0.05, 0) is 36.5 Å². The maximum atomic E-state index is 12.5. The average Bonchev–Trinajstić information content (AvgIpc) is 2.37. The van der Waals surface area contributed by atoms with Gasteiger partial charge in [0.05, 0.1) is 5.92 Å². The number of benzene rings is 1. The van der Waals surface area contributed by atoms with Crippen LogP contribution in [0.3, 0.4) is 0 Å². The lowest BCUT2D eigenvalue weighted by molar-refractivity contribution is -0.124. The summed E-state index contributed by atoms with van der Waals surface area (Å²) < 4.78 is 0. The second-order valence-electron chi connectivity index (χ2n) is 5.73. The number of carbonyl (C=O) groups is 1. The van der Waals surface area contributed by atoms with Gasteiger partial charge in [0.15, 0.2) is 0 Å². The second kappa shape index (κ2) is 7.65. The predicted molar refractivity (Wildman–Crippen MR) is 82.9 cm³/mol. The van der Waals surface area contributed by atoms with E-state index in [1.807, 2.05) is 45.9 Å². The standard InChI is InChI=1S/C16H24ClNO2/c1-10(2)15(13-6-5-7-14(17)8-13)16(20)18-12(4)11(3)9-19/h5-8,10-12,15,19H,9H2,1-4H3,(H,18,20). The molecule has 1 aromatic carbocycles. The molecule has 1 aromatic rings. The van der Waals surface area contributed by atoms with Crippen LogP contribution < -0.4 is 5.32 Å². The highest BCUT2D eigenvalue weighted by Crippen LogP contribution is 2.27. The average molecular weight is 298 g/mol. The molecule has 3 nitrogen and oxygen atoms in total. The van der Waals surface area contributed by atoms with Crippen molar-refractivity contribution in [1.29, 1.82) is 0 Å². The topological polar surface area (TPSA) is 49.3 Å². The Hall–Kier alpha value is -1.06. The Balaban J connectivity index is 2.89. The van der Waals surface area contributed by atoms with Crippen molar-refractivity contribution in [2.75, 3.05) is 6.61 Å². The van der Waals surface area contributed by atoms with E-state index in [9.17, 15) is 4.79 Å². The molecule has 4 heteroatoms. The van der Waals surface area contributed by atoms with Crippen LogP contribution in [0.1, 0.15) is 39.2 Å². The molecule has 0 spiro atoms. The maximum absolute atomic E-state index is 12.5. The molecule has 0 radical (unpaired) electrons. The molecular weight excluding hydrogens is 274 g/mol. The molecular formula is C16H24ClNO2. The lowest BCUT2D eigenvalue weighted by Gasteiger charge is -2.25. The molecule has 0 saturated carbocycles. The first-order valence-electron chi connectivity index (χ1n) is 7.03. The second-order valence-corrected chi connectivity index (χ2v) is 6.17. The van der Waals surface area contributed by atoms with Crippen LogP contribution >= 0.6 is 11.6 Å². The van der Waals surface area contributed by atoms with Gasteiger partial charge in [-0.3, -0.25) is 4.79 Å². The zero-order chi connectivity index (χ0) is 15.3. The number of amides is 1. The van der Waals surface area contributed by atoms with Gasteiger partial charge in [-0.1, -0.05) is 44.5 Å². The van der Waals surface area contributed by atoms with Gasteiger partial charge in [-0.15, -0.1) is 0 Å². The largest absolute Gasteiger partial charge is 0.396 e. The van der Waals surface area contributed by atoms with Crippen molar-refractivity contribution in [3.63, 3.8) is 0 Å². The first-order chi connectivity index (χ1) is 9.36. The van der Waals surface area contributed by atoms with E-state index in [4.69, 9.17) is 16.7 Å². The summed E-state index contributed by atoms with van der Waals surface area (Å²) in [6.07, 6.45) is 0. The van der Waals surface area contributed by atoms with Crippen molar-refractivity contribution in [2.45, 2.75) is 39.7 Å². The smallest absolute Gasteiger partial charge is 0.228 e. The number of carbonyl (C=O) groups excluding carboxylic acids is 1. The Morgan fingerprint density at radius 1 is 1.30 bits per heavy atom. The van der Waals surface area contributed by atoms with Crippen LogP contribution in [0.15, 0.2) is 24.3 Å². The number of aliphatic hydroxyl groups is 1. The normalized spacial score (nSPS) is 15.8.